The van der Waals surface area contributed by atoms with Crippen molar-refractivity contribution in [1.82, 2.24) is 0 Å². The van der Waals surface area contributed by atoms with Gasteiger partial charge < -0.3 is 20.1 Å². The van der Waals surface area contributed by atoms with Crippen LogP contribution in [-0.4, -0.2) is 36.3 Å². The molecule has 0 spiro atoms. The SMILES string of the molecule is O=C1Nc2cc(N3CC4CCC(C3)O4)c(Br)cc2C1O. The van der Waals surface area contributed by atoms with Crippen LogP contribution in [0.4, 0.5) is 11.4 Å². The summed E-state index contributed by atoms with van der Waals surface area (Å²) in [7, 11) is 0. The minimum atomic E-state index is -1.06. The zero-order chi connectivity index (χ0) is 13.9. The predicted molar refractivity (Wildman–Crippen MR) is 77.8 cm³/mol. The molecule has 2 fully saturated rings. The van der Waals surface area contributed by atoms with Gasteiger partial charge >= 0.3 is 0 Å². The summed E-state index contributed by atoms with van der Waals surface area (Å²) in [6.07, 6.45) is 1.82. The van der Waals surface area contributed by atoms with Crippen molar-refractivity contribution in [3.05, 3.63) is 22.2 Å². The van der Waals surface area contributed by atoms with E-state index in [1.165, 1.54) is 0 Å². The fourth-order valence-electron chi connectivity index (χ4n) is 3.31. The molecule has 2 saturated heterocycles. The van der Waals surface area contributed by atoms with Crippen LogP contribution in [0, 0.1) is 0 Å². The van der Waals surface area contributed by atoms with Gasteiger partial charge in [0.15, 0.2) is 6.10 Å². The summed E-state index contributed by atoms with van der Waals surface area (Å²) in [5, 5.41) is 12.5. The monoisotopic (exact) mass is 338 g/mol. The third-order valence-electron chi connectivity index (χ3n) is 4.30. The number of carbonyl (C=O) groups is 1. The molecular formula is C14H15BrN2O3. The van der Waals surface area contributed by atoms with E-state index in [4.69, 9.17) is 4.74 Å². The molecule has 1 aromatic carbocycles. The molecule has 4 rings (SSSR count). The summed E-state index contributed by atoms with van der Waals surface area (Å²) in [6.45, 7) is 1.76. The van der Waals surface area contributed by atoms with E-state index in [0.29, 0.717) is 23.5 Å². The number of ether oxygens (including phenoxy) is 1. The minimum Gasteiger partial charge on any atom is -0.378 e. The molecule has 3 unspecified atom stereocenters. The van der Waals surface area contributed by atoms with E-state index in [9.17, 15) is 9.90 Å². The Morgan fingerprint density at radius 1 is 1.30 bits per heavy atom. The number of carbonyl (C=O) groups excluding carboxylic acids is 1. The van der Waals surface area contributed by atoms with E-state index in [2.05, 4.69) is 26.1 Å². The molecule has 106 valence electrons. The Balaban J connectivity index is 1.70. The van der Waals surface area contributed by atoms with Crippen LogP contribution >= 0.6 is 15.9 Å². The molecule has 1 aromatic rings. The van der Waals surface area contributed by atoms with Crippen LogP contribution < -0.4 is 10.2 Å². The molecule has 5 nitrogen and oxygen atoms in total. The highest BCUT2D eigenvalue weighted by molar-refractivity contribution is 9.10. The Kier molecular flexibility index (Phi) is 2.80. The summed E-state index contributed by atoms with van der Waals surface area (Å²) < 4.78 is 6.76. The molecule has 1 amide bonds. The van der Waals surface area contributed by atoms with E-state index >= 15 is 0 Å². The normalized spacial score (nSPS) is 31.4. The maximum absolute atomic E-state index is 11.5. The zero-order valence-corrected chi connectivity index (χ0v) is 12.4. The number of amides is 1. The topological polar surface area (TPSA) is 61.8 Å². The number of fused-ring (bicyclic) bond motifs is 3. The summed E-state index contributed by atoms with van der Waals surface area (Å²) in [4.78, 5) is 13.8. The highest BCUT2D eigenvalue weighted by atomic mass is 79.9. The maximum atomic E-state index is 11.5. The smallest absolute Gasteiger partial charge is 0.257 e. The molecule has 2 bridgehead atoms. The second-order valence-corrected chi connectivity index (χ2v) is 6.50. The number of halogens is 1. The number of nitrogens with one attached hydrogen (secondary N) is 1. The van der Waals surface area contributed by atoms with Crippen molar-refractivity contribution in [1.29, 1.82) is 0 Å². The number of benzene rings is 1. The van der Waals surface area contributed by atoms with Crippen LogP contribution in [0.1, 0.15) is 24.5 Å². The number of hydrogen-bond donors (Lipinski definition) is 2. The van der Waals surface area contributed by atoms with Gasteiger partial charge in [-0.3, -0.25) is 4.79 Å². The molecule has 3 atom stereocenters. The van der Waals surface area contributed by atoms with Gasteiger partial charge in [-0.25, -0.2) is 0 Å². The Labute approximate surface area is 125 Å². The Morgan fingerprint density at radius 2 is 2.00 bits per heavy atom. The molecule has 3 aliphatic heterocycles. The van der Waals surface area contributed by atoms with Crippen LogP contribution in [0.25, 0.3) is 0 Å². The third kappa shape index (κ3) is 1.86. The molecule has 3 aliphatic rings. The fraction of sp³-hybridized carbons (Fsp3) is 0.500. The van der Waals surface area contributed by atoms with Gasteiger partial charge in [-0.15, -0.1) is 0 Å². The van der Waals surface area contributed by atoms with Crippen LogP contribution in [-0.2, 0) is 9.53 Å². The second kappa shape index (κ2) is 4.44. The molecule has 20 heavy (non-hydrogen) atoms. The van der Waals surface area contributed by atoms with Gasteiger partial charge in [-0.2, -0.15) is 0 Å². The van der Waals surface area contributed by atoms with E-state index in [0.717, 1.165) is 36.1 Å². The Bertz CT molecular complexity index is 580. The van der Waals surface area contributed by atoms with Crippen molar-refractivity contribution in [2.24, 2.45) is 0 Å². The van der Waals surface area contributed by atoms with Crippen molar-refractivity contribution in [3.63, 3.8) is 0 Å². The van der Waals surface area contributed by atoms with Crippen LogP contribution in [0.15, 0.2) is 16.6 Å². The molecule has 3 heterocycles. The quantitative estimate of drug-likeness (QED) is 0.819. The molecule has 0 aromatic heterocycles. The van der Waals surface area contributed by atoms with Crippen LogP contribution in [0.2, 0.25) is 0 Å². The van der Waals surface area contributed by atoms with Gasteiger partial charge in [0, 0.05) is 28.8 Å². The zero-order valence-electron chi connectivity index (χ0n) is 10.8. The lowest BCUT2D eigenvalue weighted by atomic mass is 10.1. The van der Waals surface area contributed by atoms with Crippen molar-refractivity contribution in [2.75, 3.05) is 23.3 Å². The van der Waals surface area contributed by atoms with Gasteiger partial charge in [-0.05, 0) is 40.9 Å². The largest absolute Gasteiger partial charge is 0.378 e. The Hall–Kier alpha value is -1.11. The van der Waals surface area contributed by atoms with E-state index in [1.54, 1.807) is 0 Å². The summed E-state index contributed by atoms with van der Waals surface area (Å²) in [5.41, 5.74) is 2.40. The van der Waals surface area contributed by atoms with Crippen molar-refractivity contribution in [3.8, 4) is 0 Å². The lowest BCUT2D eigenvalue weighted by molar-refractivity contribution is -0.123. The lowest BCUT2D eigenvalue weighted by Crippen LogP contribution is -2.42. The molecule has 0 aliphatic carbocycles. The van der Waals surface area contributed by atoms with Gasteiger partial charge in [0.05, 0.1) is 17.9 Å². The molecule has 0 radical (unpaired) electrons. The predicted octanol–water partition coefficient (Wildman–Crippen LogP) is 1.80. The number of aliphatic hydroxyl groups is 1. The molecule has 6 heteroatoms. The fourth-order valence-corrected chi connectivity index (χ4v) is 3.92. The van der Waals surface area contributed by atoms with Crippen LogP contribution in [0.3, 0.4) is 0 Å². The summed E-state index contributed by atoms with van der Waals surface area (Å²) in [5.74, 6) is -0.355. The second-order valence-electron chi connectivity index (χ2n) is 5.65. The maximum Gasteiger partial charge on any atom is 0.257 e. The first-order valence-corrected chi connectivity index (χ1v) is 7.64. The van der Waals surface area contributed by atoms with Crippen molar-refractivity contribution < 1.29 is 14.6 Å². The highest BCUT2D eigenvalue weighted by Gasteiger charge is 2.36. The Morgan fingerprint density at radius 3 is 2.70 bits per heavy atom. The average molecular weight is 339 g/mol. The van der Waals surface area contributed by atoms with Gasteiger partial charge in [-0.1, -0.05) is 0 Å². The van der Waals surface area contributed by atoms with Gasteiger partial charge in [0.2, 0.25) is 0 Å². The van der Waals surface area contributed by atoms with Crippen molar-refractivity contribution in [2.45, 2.75) is 31.2 Å². The number of rotatable bonds is 1. The minimum absolute atomic E-state index is 0.314. The first kappa shape index (κ1) is 12.6. The van der Waals surface area contributed by atoms with E-state index in [1.807, 2.05) is 12.1 Å². The molecular weight excluding hydrogens is 324 g/mol. The number of aliphatic hydroxyl groups excluding tert-OH is 1. The van der Waals surface area contributed by atoms with E-state index in [-0.39, 0.29) is 5.91 Å². The molecule has 0 saturated carbocycles. The number of morpholine rings is 1. The molecule has 2 N–H and O–H groups in total. The van der Waals surface area contributed by atoms with E-state index < -0.39 is 6.10 Å². The summed E-state index contributed by atoms with van der Waals surface area (Å²) in [6, 6.07) is 3.78. The van der Waals surface area contributed by atoms with Gasteiger partial charge in [0.1, 0.15) is 0 Å². The standard InChI is InChI=1S/C14H15BrN2O3/c15-10-3-9-11(16-14(19)13(9)18)4-12(10)17-5-7-1-2-8(6-17)20-7/h3-4,7-8,13,18H,1-2,5-6H2,(H,16,19). The lowest BCUT2D eigenvalue weighted by Gasteiger charge is -2.34. The third-order valence-corrected chi connectivity index (χ3v) is 4.94. The van der Waals surface area contributed by atoms with Crippen LogP contribution in [0.5, 0.6) is 0 Å². The van der Waals surface area contributed by atoms with Crippen molar-refractivity contribution >= 4 is 33.2 Å². The number of hydrogen-bond acceptors (Lipinski definition) is 4. The number of nitrogens with zero attached hydrogens (tertiary/aromatic N) is 1. The highest BCUT2D eigenvalue weighted by Crippen LogP contribution is 2.40. The number of anilines is 2. The first-order chi connectivity index (χ1) is 9.61. The summed E-state index contributed by atoms with van der Waals surface area (Å²) >= 11 is 3.56. The average Bonchev–Trinajstić information content (AvgIpc) is 2.90. The first-order valence-electron chi connectivity index (χ1n) is 6.84. The van der Waals surface area contributed by atoms with Gasteiger partial charge in [0.25, 0.3) is 5.91 Å².